The molecule has 0 atom stereocenters. The molecule has 0 aliphatic rings. The molecule has 0 spiro atoms. The van der Waals surface area contributed by atoms with E-state index in [-0.39, 0.29) is 18.1 Å². The Labute approximate surface area is 150 Å². The SMILES string of the molecule is CC(CCC(=O)Nc1ccc2nc(SCCC(F)(F)F)sc2c1)=NO. The average molecular weight is 391 g/mol. The van der Waals surface area contributed by atoms with Crippen LogP contribution in [0.5, 0.6) is 0 Å². The quantitative estimate of drug-likeness (QED) is 0.304. The van der Waals surface area contributed by atoms with Crippen LogP contribution < -0.4 is 5.32 Å². The van der Waals surface area contributed by atoms with Gasteiger partial charge in [0.1, 0.15) is 0 Å². The molecule has 5 nitrogen and oxygen atoms in total. The number of halogens is 3. The molecule has 0 bridgehead atoms. The molecule has 2 aromatic rings. The summed E-state index contributed by atoms with van der Waals surface area (Å²) in [7, 11) is 0. The minimum absolute atomic E-state index is 0.0708. The molecule has 2 N–H and O–H groups in total. The van der Waals surface area contributed by atoms with Crippen LogP contribution in [-0.2, 0) is 4.79 Å². The van der Waals surface area contributed by atoms with E-state index in [4.69, 9.17) is 5.21 Å². The number of thiazole rings is 1. The maximum atomic E-state index is 12.2. The summed E-state index contributed by atoms with van der Waals surface area (Å²) in [6, 6.07) is 5.15. The first kappa shape index (κ1) is 19.5. The average Bonchev–Trinajstić information content (AvgIpc) is 2.93. The van der Waals surface area contributed by atoms with Crippen molar-refractivity contribution in [2.24, 2.45) is 5.16 Å². The zero-order chi connectivity index (χ0) is 18.4. The second-order valence-electron chi connectivity index (χ2n) is 5.26. The molecule has 0 aliphatic heterocycles. The highest BCUT2D eigenvalue weighted by atomic mass is 32.2. The molecule has 0 saturated heterocycles. The fraction of sp³-hybridized carbons (Fsp3) is 0.400. The minimum Gasteiger partial charge on any atom is -0.411 e. The summed E-state index contributed by atoms with van der Waals surface area (Å²) in [5, 5.41) is 14.3. The van der Waals surface area contributed by atoms with Crippen molar-refractivity contribution in [1.29, 1.82) is 0 Å². The number of nitrogens with zero attached hydrogens (tertiary/aromatic N) is 2. The molecule has 1 amide bonds. The van der Waals surface area contributed by atoms with Gasteiger partial charge >= 0.3 is 6.18 Å². The second kappa shape index (κ2) is 8.52. The predicted molar refractivity (Wildman–Crippen MR) is 93.8 cm³/mol. The predicted octanol–water partition coefficient (Wildman–Crippen LogP) is 4.91. The van der Waals surface area contributed by atoms with E-state index in [2.05, 4.69) is 15.5 Å². The molecule has 1 aromatic carbocycles. The molecule has 0 fully saturated rings. The number of amides is 1. The summed E-state index contributed by atoms with van der Waals surface area (Å²) in [6.07, 6.45) is -4.48. The Hall–Kier alpha value is -1.81. The van der Waals surface area contributed by atoms with Crippen LogP contribution in [0.4, 0.5) is 18.9 Å². The van der Waals surface area contributed by atoms with E-state index < -0.39 is 12.6 Å². The fourth-order valence-electron chi connectivity index (χ4n) is 1.86. The van der Waals surface area contributed by atoms with Gasteiger partial charge in [-0.05, 0) is 31.5 Å². The number of aromatic nitrogens is 1. The van der Waals surface area contributed by atoms with Gasteiger partial charge in [0.15, 0.2) is 4.34 Å². The van der Waals surface area contributed by atoms with Crippen LogP contribution in [-0.4, -0.2) is 33.7 Å². The normalized spacial score (nSPS) is 12.6. The van der Waals surface area contributed by atoms with Gasteiger partial charge in [-0.3, -0.25) is 4.79 Å². The van der Waals surface area contributed by atoms with Crippen LogP contribution in [0.3, 0.4) is 0 Å². The maximum absolute atomic E-state index is 12.2. The number of benzene rings is 1. The molecule has 1 aromatic heterocycles. The van der Waals surface area contributed by atoms with Gasteiger partial charge in [-0.25, -0.2) is 4.98 Å². The van der Waals surface area contributed by atoms with E-state index in [1.54, 1.807) is 25.1 Å². The largest absolute Gasteiger partial charge is 0.411 e. The lowest BCUT2D eigenvalue weighted by Crippen LogP contribution is -2.12. The Balaban J connectivity index is 1.96. The van der Waals surface area contributed by atoms with Gasteiger partial charge in [0.2, 0.25) is 5.91 Å². The monoisotopic (exact) mass is 391 g/mol. The number of hydrogen-bond donors (Lipinski definition) is 2. The molecule has 0 unspecified atom stereocenters. The molecular weight excluding hydrogens is 375 g/mol. The van der Waals surface area contributed by atoms with Gasteiger partial charge in [0.25, 0.3) is 0 Å². The number of hydrogen-bond acceptors (Lipinski definition) is 6. The number of alkyl halides is 3. The van der Waals surface area contributed by atoms with Crippen LogP contribution >= 0.6 is 23.1 Å². The number of thioether (sulfide) groups is 1. The number of carbonyl (C=O) groups excluding carboxylic acids is 1. The Morgan fingerprint density at radius 3 is 2.84 bits per heavy atom. The summed E-state index contributed by atoms with van der Waals surface area (Å²) in [4.78, 5) is 16.1. The van der Waals surface area contributed by atoms with Crippen LogP contribution in [0, 0.1) is 0 Å². The third-order valence-corrected chi connectivity index (χ3v) is 5.31. The van der Waals surface area contributed by atoms with Gasteiger partial charge in [-0.2, -0.15) is 13.2 Å². The summed E-state index contributed by atoms with van der Waals surface area (Å²) in [5.41, 5.74) is 1.74. The molecule has 0 saturated carbocycles. The number of rotatable bonds is 7. The molecule has 0 aliphatic carbocycles. The Kier molecular flexibility index (Phi) is 6.65. The fourth-order valence-corrected chi connectivity index (χ4v) is 4.03. The van der Waals surface area contributed by atoms with Gasteiger partial charge in [-0.15, -0.1) is 11.3 Å². The zero-order valence-corrected chi connectivity index (χ0v) is 14.9. The summed E-state index contributed by atoms with van der Waals surface area (Å²) >= 11 is 2.36. The number of anilines is 1. The van der Waals surface area contributed by atoms with Crippen LogP contribution in [0.15, 0.2) is 27.7 Å². The topological polar surface area (TPSA) is 74.6 Å². The molecule has 0 radical (unpaired) electrons. The van der Waals surface area contributed by atoms with Crippen molar-refractivity contribution in [3.8, 4) is 0 Å². The van der Waals surface area contributed by atoms with Crippen molar-refractivity contribution in [2.75, 3.05) is 11.1 Å². The third-order valence-electron chi connectivity index (χ3n) is 3.15. The van der Waals surface area contributed by atoms with Crippen molar-refractivity contribution < 1.29 is 23.2 Å². The summed E-state index contributed by atoms with van der Waals surface area (Å²) in [5.74, 6) is -0.287. The van der Waals surface area contributed by atoms with Gasteiger partial charge in [0, 0.05) is 17.9 Å². The standard InChI is InChI=1S/C15H16F3N3O2S2/c1-9(21-23)2-5-13(22)19-10-3-4-11-12(8-10)25-14(20-11)24-7-6-15(16,17)18/h3-4,8,23H,2,5-7H2,1H3,(H,19,22). The Morgan fingerprint density at radius 1 is 1.40 bits per heavy atom. The van der Waals surface area contributed by atoms with Crippen molar-refractivity contribution in [3.63, 3.8) is 0 Å². The van der Waals surface area contributed by atoms with E-state index >= 15 is 0 Å². The first-order valence-electron chi connectivity index (χ1n) is 7.34. The summed E-state index contributed by atoms with van der Waals surface area (Å²) < 4.78 is 37.9. The number of carbonyl (C=O) groups is 1. The van der Waals surface area contributed by atoms with Gasteiger partial charge < -0.3 is 10.5 Å². The molecule has 1 heterocycles. The first-order chi connectivity index (χ1) is 11.8. The lowest BCUT2D eigenvalue weighted by atomic mass is 10.2. The Morgan fingerprint density at radius 2 is 2.16 bits per heavy atom. The lowest BCUT2D eigenvalue weighted by Gasteiger charge is -2.04. The minimum atomic E-state index is -4.17. The van der Waals surface area contributed by atoms with E-state index in [0.717, 1.165) is 16.5 Å². The summed E-state index contributed by atoms with van der Waals surface area (Å²) in [6.45, 7) is 1.62. The van der Waals surface area contributed by atoms with Crippen molar-refractivity contribution in [2.45, 2.75) is 36.7 Å². The molecule has 25 heavy (non-hydrogen) atoms. The molecule has 136 valence electrons. The lowest BCUT2D eigenvalue weighted by molar-refractivity contribution is -0.129. The molecule has 2 rings (SSSR count). The van der Waals surface area contributed by atoms with E-state index in [9.17, 15) is 18.0 Å². The molecular formula is C15H16F3N3O2S2. The number of oxime groups is 1. The number of fused-ring (bicyclic) bond motifs is 1. The van der Waals surface area contributed by atoms with E-state index in [1.165, 1.54) is 11.3 Å². The smallest absolute Gasteiger partial charge is 0.389 e. The van der Waals surface area contributed by atoms with E-state index in [1.807, 2.05) is 0 Å². The van der Waals surface area contributed by atoms with Crippen LogP contribution in [0.2, 0.25) is 0 Å². The highest BCUT2D eigenvalue weighted by molar-refractivity contribution is 8.01. The second-order valence-corrected chi connectivity index (χ2v) is 7.63. The van der Waals surface area contributed by atoms with Crippen LogP contribution in [0.1, 0.15) is 26.2 Å². The van der Waals surface area contributed by atoms with Crippen molar-refractivity contribution >= 4 is 50.6 Å². The van der Waals surface area contributed by atoms with Gasteiger partial charge in [0.05, 0.1) is 22.3 Å². The van der Waals surface area contributed by atoms with Gasteiger partial charge in [-0.1, -0.05) is 16.9 Å². The highest BCUT2D eigenvalue weighted by Crippen LogP contribution is 2.33. The third kappa shape index (κ3) is 6.54. The first-order valence-corrected chi connectivity index (χ1v) is 9.14. The van der Waals surface area contributed by atoms with E-state index in [0.29, 0.717) is 27.7 Å². The number of nitrogens with one attached hydrogen (secondary N) is 1. The Bertz CT molecular complexity index is 775. The van der Waals surface area contributed by atoms with Crippen molar-refractivity contribution in [1.82, 2.24) is 4.98 Å². The highest BCUT2D eigenvalue weighted by Gasteiger charge is 2.26. The molecule has 10 heteroatoms. The maximum Gasteiger partial charge on any atom is 0.389 e. The van der Waals surface area contributed by atoms with Crippen molar-refractivity contribution in [3.05, 3.63) is 18.2 Å². The van der Waals surface area contributed by atoms with Crippen LogP contribution in [0.25, 0.3) is 10.2 Å². The zero-order valence-electron chi connectivity index (χ0n) is 13.3.